The van der Waals surface area contributed by atoms with Crippen LogP contribution in [0, 0.1) is 0 Å². The van der Waals surface area contributed by atoms with E-state index in [4.69, 9.17) is 17.2 Å². The fourth-order valence-electron chi connectivity index (χ4n) is 1.14. The van der Waals surface area contributed by atoms with Crippen LogP contribution in [0.25, 0.3) is 5.00 Å². The molecule has 0 aliphatic carbocycles. The predicted molar refractivity (Wildman–Crippen MR) is 58.2 cm³/mol. The minimum Gasteiger partial charge on any atom is -0.394 e. The summed E-state index contributed by atoms with van der Waals surface area (Å²) in [6, 6.07) is 3.88. The van der Waals surface area contributed by atoms with E-state index in [1.165, 1.54) is 6.20 Å². The molecule has 2 aromatic heterocycles. The van der Waals surface area contributed by atoms with Crippen LogP contribution in [0.1, 0.15) is 4.88 Å². The first-order chi connectivity index (χ1) is 6.72. The Morgan fingerprint density at radius 3 is 2.64 bits per heavy atom. The zero-order valence-corrected chi connectivity index (χ0v) is 8.29. The van der Waals surface area contributed by atoms with Crippen LogP contribution in [-0.2, 0) is 6.54 Å². The zero-order chi connectivity index (χ0) is 10.1. The maximum Gasteiger partial charge on any atom is 0.151 e. The van der Waals surface area contributed by atoms with Gasteiger partial charge in [0, 0.05) is 11.4 Å². The molecule has 14 heavy (non-hydrogen) atoms. The van der Waals surface area contributed by atoms with Gasteiger partial charge in [0.05, 0.1) is 11.9 Å². The fraction of sp³-hybridized carbons (Fsp3) is 0.125. The average molecular weight is 209 g/mol. The lowest BCUT2D eigenvalue weighted by Gasteiger charge is -1.99. The van der Waals surface area contributed by atoms with E-state index in [1.807, 2.05) is 12.1 Å². The molecule has 0 aromatic carbocycles. The molecule has 6 heteroatoms. The third-order valence-corrected chi connectivity index (χ3v) is 2.98. The molecule has 0 atom stereocenters. The molecule has 5 nitrogen and oxygen atoms in total. The van der Waals surface area contributed by atoms with Gasteiger partial charge < -0.3 is 17.2 Å². The molecule has 2 rings (SSSR count). The minimum atomic E-state index is 0.468. The van der Waals surface area contributed by atoms with Gasteiger partial charge in [-0.1, -0.05) is 0 Å². The molecule has 0 radical (unpaired) electrons. The van der Waals surface area contributed by atoms with Crippen LogP contribution in [0.15, 0.2) is 18.3 Å². The molecule has 0 bridgehead atoms. The van der Waals surface area contributed by atoms with Crippen molar-refractivity contribution < 1.29 is 0 Å². The van der Waals surface area contributed by atoms with Gasteiger partial charge in [0.25, 0.3) is 0 Å². The van der Waals surface area contributed by atoms with Crippen molar-refractivity contribution in [3.8, 4) is 5.00 Å². The monoisotopic (exact) mass is 209 g/mol. The quantitative estimate of drug-likeness (QED) is 0.673. The molecule has 0 aliphatic rings. The number of thiophene rings is 1. The number of nitrogens with two attached hydrogens (primary N) is 3. The number of aromatic nitrogens is 2. The highest BCUT2D eigenvalue weighted by Crippen LogP contribution is 2.24. The molecule has 0 spiro atoms. The van der Waals surface area contributed by atoms with Crippen LogP contribution < -0.4 is 17.2 Å². The Labute approximate surface area is 85.1 Å². The molecule has 2 heterocycles. The van der Waals surface area contributed by atoms with Gasteiger partial charge in [0.1, 0.15) is 5.00 Å². The number of nitrogen functional groups attached to an aromatic ring is 2. The SMILES string of the molecule is NCc1ccc(-n2ncc(N)c2N)s1. The van der Waals surface area contributed by atoms with Crippen LogP contribution in [0.2, 0.25) is 0 Å². The van der Waals surface area contributed by atoms with Crippen LogP contribution in [-0.4, -0.2) is 9.78 Å². The molecule has 0 aliphatic heterocycles. The van der Waals surface area contributed by atoms with Crippen LogP contribution in [0.4, 0.5) is 11.5 Å². The Balaban J connectivity index is 2.44. The Bertz CT molecular complexity index is 444. The standard InChI is InChI=1S/C8H11N5S/c9-3-5-1-2-7(14-5)13-8(11)6(10)4-12-13/h1-2,4H,3,9-11H2. The van der Waals surface area contributed by atoms with Gasteiger partial charge in [-0.2, -0.15) is 5.10 Å². The number of rotatable bonds is 2. The van der Waals surface area contributed by atoms with Gasteiger partial charge in [-0.25, -0.2) is 4.68 Å². The van der Waals surface area contributed by atoms with E-state index in [9.17, 15) is 0 Å². The second-order valence-corrected chi connectivity index (χ2v) is 3.99. The lowest BCUT2D eigenvalue weighted by Crippen LogP contribution is -2.01. The summed E-state index contributed by atoms with van der Waals surface area (Å²) in [5.41, 5.74) is 17.3. The number of hydrogen-bond acceptors (Lipinski definition) is 5. The third kappa shape index (κ3) is 1.34. The van der Waals surface area contributed by atoms with Crippen molar-refractivity contribution in [2.24, 2.45) is 5.73 Å². The van der Waals surface area contributed by atoms with Crippen molar-refractivity contribution in [1.82, 2.24) is 9.78 Å². The highest BCUT2D eigenvalue weighted by Gasteiger charge is 2.07. The average Bonchev–Trinajstić information content (AvgIpc) is 2.75. The van der Waals surface area contributed by atoms with Crippen molar-refractivity contribution in [2.75, 3.05) is 11.5 Å². The smallest absolute Gasteiger partial charge is 0.151 e. The van der Waals surface area contributed by atoms with Gasteiger partial charge in [0.2, 0.25) is 0 Å². The molecule has 0 amide bonds. The van der Waals surface area contributed by atoms with Gasteiger partial charge in [0.15, 0.2) is 5.82 Å². The van der Waals surface area contributed by atoms with Gasteiger partial charge in [-0.3, -0.25) is 0 Å². The Morgan fingerprint density at radius 2 is 2.14 bits per heavy atom. The van der Waals surface area contributed by atoms with Crippen LogP contribution >= 0.6 is 11.3 Å². The Morgan fingerprint density at radius 1 is 1.36 bits per heavy atom. The van der Waals surface area contributed by atoms with E-state index in [-0.39, 0.29) is 0 Å². The summed E-state index contributed by atoms with van der Waals surface area (Å²) in [6.07, 6.45) is 1.54. The Hall–Kier alpha value is -1.53. The van der Waals surface area contributed by atoms with Crippen molar-refractivity contribution in [1.29, 1.82) is 0 Å². The molecular weight excluding hydrogens is 198 g/mol. The maximum absolute atomic E-state index is 5.74. The largest absolute Gasteiger partial charge is 0.394 e. The van der Waals surface area contributed by atoms with E-state index in [0.29, 0.717) is 18.1 Å². The van der Waals surface area contributed by atoms with E-state index >= 15 is 0 Å². The second kappa shape index (κ2) is 3.32. The second-order valence-electron chi connectivity index (χ2n) is 2.84. The first kappa shape index (κ1) is 9.04. The summed E-state index contributed by atoms with van der Waals surface area (Å²) in [5, 5.41) is 5.00. The lowest BCUT2D eigenvalue weighted by atomic mass is 10.5. The van der Waals surface area contributed by atoms with Crippen molar-refractivity contribution in [3.63, 3.8) is 0 Å². The fourth-order valence-corrected chi connectivity index (χ4v) is 1.99. The highest BCUT2D eigenvalue weighted by molar-refractivity contribution is 7.14. The summed E-state index contributed by atoms with van der Waals surface area (Å²) in [5.74, 6) is 0.468. The molecule has 0 saturated carbocycles. The molecular formula is C8H11N5S. The summed E-state index contributed by atoms with van der Waals surface area (Å²) in [7, 11) is 0. The first-order valence-corrected chi connectivity index (χ1v) is 4.92. The lowest BCUT2D eigenvalue weighted by molar-refractivity contribution is 0.908. The number of anilines is 2. The van der Waals surface area contributed by atoms with E-state index in [1.54, 1.807) is 16.0 Å². The summed E-state index contributed by atoms with van der Waals surface area (Å²) < 4.78 is 1.61. The molecule has 2 aromatic rings. The normalized spacial score (nSPS) is 10.6. The highest BCUT2D eigenvalue weighted by atomic mass is 32.1. The van der Waals surface area contributed by atoms with E-state index < -0.39 is 0 Å². The van der Waals surface area contributed by atoms with Gasteiger partial charge >= 0.3 is 0 Å². The zero-order valence-electron chi connectivity index (χ0n) is 7.47. The van der Waals surface area contributed by atoms with E-state index in [2.05, 4.69) is 5.10 Å². The van der Waals surface area contributed by atoms with Crippen LogP contribution in [0.5, 0.6) is 0 Å². The maximum atomic E-state index is 5.74. The molecule has 0 unspecified atom stereocenters. The molecule has 74 valence electrons. The van der Waals surface area contributed by atoms with Gasteiger partial charge in [-0.15, -0.1) is 11.3 Å². The third-order valence-electron chi connectivity index (χ3n) is 1.89. The van der Waals surface area contributed by atoms with Crippen molar-refractivity contribution in [2.45, 2.75) is 6.54 Å². The van der Waals surface area contributed by atoms with Gasteiger partial charge in [-0.05, 0) is 12.1 Å². The first-order valence-electron chi connectivity index (χ1n) is 4.10. The van der Waals surface area contributed by atoms with Crippen molar-refractivity contribution >= 4 is 22.8 Å². The summed E-state index contributed by atoms with van der Waals surface area (Å²) in [4.78, 5) is 1.09. The molecule has 0 saturated heterocycles. The number of hydrogen-bond donors (Lipinski definition) is 3. The summed E-state index contributed by atoms with van der Waals surface area (Å²) in [6.45, 7) is 0.529. The summed E-state index contributed by atoms with van der Waals surface area (Å²) >= 11 is 1.55. The molecule has 6 N–H and O–H groups in total. The van der Waals surface area contributed by atoms with Crippen molar-refractivity contribution in [3.05, 3.63) is 23.2 Å². The minimum absolute atomic E-state index is 0.468. The Kier molecular flexibility index (Phi) is 2.14. The van der Waals surface area contributed by atoms with E-state index in [0.717, 1.165) is 9.88 Å². The molecule has 0 fully saturated rings. The van der Waals surface area contributed by atoms with Crippen LogP contribution in [0.3, 0.4) is 0 Å². The number of nitrogens with zero attached hydrogens (tertiary/aromatic N) is 2. The topological polar surface area (TPSA) is 95.9 Å². The predicted octanol–water partition coefficient (Wildman–Crippen LogP) is 0.557.